The molecule has 5 rings (SSSR count). The molecule has 0 bridgehead atoms. The van der Waals surface area contributed by atoms with E-state index >= 15 is 0 Å². The zero-order valence-corrected chi connectivity index (χ0v) is 14.6. The summed E-state index contributed by atoms with van der Waals surface area (Å²) in [6.07, 6.45) is 8.83. The van der Waals surface area contributed by atoms with E-state index in [2.05, 4.69) is 29.2 Å². The Kier molecular flexibility index (Phi) is 3.51. The SMILES string of the molecule is O=C1/C(=C/c2cc3c4c(c2)CCCN4CCC3)CCc2ccccc21. The van der Waals surface area contributed by atoms with E-state index in [-0.39, 0.29) is 5.78 Å². The molecule has 0 unspecified atom stereocenters. The van der Waals surface area contributed by atoms with Crippen molar-refractivity contribution in [2.45, 2.75) is 38.5 Å². The Morgan fingerprint density at radius 1 is 0.840 bits per heavy atom. The largest absolute Gasteiger partial charge is 0.371 e. The quantitative estimate of drug-likeness (QED) is 0.713. The number of carbonyl (C=O) groups is 1. The lowest BCUT2D eigenvalue weighted by Crippen LogP contribution is -2.34. The number of hydrogen-bond donors (Lipinski definition) is 0. The summed E-state index contributed by atoms with van der Waals surface area (Å²) >= 11 is 0. The van der Waals surface area contributed by atoms with Gasteiger partial charge in [-0.2, -0.15) is 0 Å². The molecular weight excluding hydrogens is 306 g/mol. The third-order valence-corrected chi connectivity index (χ3v) is 5.91. The summed E-state index contributed by atoms with van der Waals surface area (Å²) in [4.78, 5) is 15.4. The number of carbonyl (C=O) groups excluding carboxylic acids is 1. The molecule has 3 aliphatic rings. The van der Waals surface area contributed by atoms with Gasteiger partial charge in [-0.05, 0) is 79.0 Å². The van der Waals surface area contributed by atoms with Crippen LogP contribution in [0, 0.1) is 0 Å². The molecule has 2 heteroatoms. The molecule has 126 valence electrons. The van der Waals surface area contributed by atoms with E-state index in [1.54, 1.807) is 0 Å². The number of ketones is 1. The van der Waals surface area contributed by atoms with Crippen molar-refractivity contribution < 1.29 is 4.79 Å². The summed E-state index contributed by atoms with van der Waals surface area (Å²) in [5, 5.41) is 0. The lowest BCUT2D eigenvalue weighted by molar-refractivity contribution is 0.102. The summed E-state index contributed by atoms with van der Waals surface area (Å²) in [6.45, 7) is 2.41. The number of Topliss-reactive ketones (excluding diaryl/α,β-unsaturated/α-hetero) is 1. The van der Waals surface area contributed by atoms with Crippen molar-refractivity contribution >= 4 is 17.5 Å². The lowest BCUT2D eigenvalue weighted by atomic mass is 9.85. The Labute approximate surface area is 149 Å². The van der Waals surface area contributed by atoms with Crippen molar-refractivity contribution in [3.8, 4) is 0 Å². The molecule has 0 atom stereocenters. The maximum atomic E-state index is 12.9. The normalized spacial score (nSPS) is 20.4. The van der Waals surface area contributed by atoms with Gasteiger partial charge in [0.1, 0.15) is 0 Å². The van der Waals surface area contributed by atoms with Crippen molar-refractivity contribution in [1.82, 2.24) is 0 Å². The second kappa shape index (κ2) is 5.87. The zero-order chi connectivity index (χ0) is 16.8. The van der Waals surface area contributed by atoms with Crippen molar-refractivity contribution in [2.24, 2.45) is 0 Å². The molecule has 0 radical (unpaired) electrons. The zero-order valence-electron chi connectivity index (χ0n) is 14.6. The number of allylic oxidation sites excluding steroid dienone is 1. The fraction of sp³-hybridized carbons (Fsp3) is 0.348. The Bertz CT molecular complexity index is 862. The van der Waals surface area contributed by atoms with Crippen LogP contribution in [0.5, 0.6) is 0 Å². The fourth-order valence-electron chi connectivity index (χ4n) is 4.77. The fourth-order valence-corrected chi connectivity index (χ4v) is 4.77. The molecule has 2 nitrogen and oxygen atoms in total. The highest BCUT2D eigenvalue weighted by Crippen LogP contribution is 2.37. The van der Waals surface area contributed by atoms with Crippen LogP contribution in [0.15, 0.2) is 42.0 Å². The van der Waals surface area contributed by atoms with E-state index in [4.69, 9.17) is 0 Å². The molecule has 0 fully saturated rings. The molecule has 0 aromatic heterocycles. The van der Waals surface area contributed by atoms with Crippen molar-refractivity contribution in [3.63, 3.8) is 0 Å². The number of nitrogens with zero attached hydrogens (tertiary/aromatic N) is 1. The van der Waals surface area contributed by atoms with E-state index in [9.17, 15) is 4.79 Å². The van der Waals surface area contributed by atoms with Crippen LogP contribution in [-0.4, -0.2) is 18.9 Å². The summed E-state index contributed by atoms with van der Waals surface area (Å²) in [6, 6.07) is 12.7. The van der Waals surface area contributed by atoms with Gasteiger partial charge in [0.15, 0.2) is 5.78 Å². The minimum Gasteiger partial charge on any atom is -0.371 e. The minimum atomic E-state index is 0.217. The molecule has 2 aromatic carbocycles. The summed E-state index contributed by atoms with van der Waals surface area (Å²) in [5.74, 6) is 0.217. The van der Waals surface area contributed by atoms with Gasteiger partial charge < -0.3 is 4.90 Å². The highest BCUT2D eigenvalue weighted by molar-refractivity contribution is 6.13. The van der Waals surface area contributed by atoms with Gasteiger partial charge in [-0.1, -0.05) is 24.3 Å². The molecule has 2 aromatic rings. The van der Waals surface area contributed by atoms with E-state index in [0.717, 1.165) is 24.0 Å². The first-order valence-corrected chi connectivity index (χ1v) is 9.53. The number of rotatable bonds is 1. The third-order valence-electron chi connectivity index (χ3n) is 5.91. The third kappa shape index (κ3) is 2.52. The van der Waals surface area contributed by atoms with Gasteiger partial charge in [0.05, 0.1) is 0 Å². The molecule has 2 aliphatic heterocycles. The molecule has 25 heavy (non-hydrogen) atoms. The monoisotopic (exact) mass is 329 g/mol. The number of aryl methyl sites for hydroxylation is 3. The smallest absolute Gasteiger partial charge is 0.189 e. The molecule has 0 amide bonds. The van der Waals surface area contributed by atoms with E-state index in [0.29, 0.717) is 0 Å². The Hall–Kier alpha value is -2.35. The molecule has 0 N–H and O–H groups in total. The standard InChI is InChI=1S/C23H23NO/c25-23-20(10-9-17-5-1-2-8-21(17)23)15-16-13-18-6-3-11-24-12-4-7-19(14-16)22(18)24/h1-2,5,8,13-15H,3-4,6-7,9-12H2/b20-15+. The van der Waals surface area contributed by atoms with E-state index in [1.807, 2.05) is 18.2 Å². The van der Waals surface area contributed by atoms with Gasteiger partial charge in [0, 0.05) is 29.9 Å². The van der Waals surface area contributed by atoms with Crippen LogP contribution in [0.25, 0.3) is 6.08 Å². The van der Waals surface area contributed by atoms with Gasteiger partial charge in [-0.25, -0.2) is 0 Å². The average Bonchev–Trinajstić information content (AvgIpc) is 2.65. The van der Waals surface area contributed by atoms with E-state index in [1.165, 1.54) is 66.7 Å². The average molecular weight is 329 g/mol. The Morgan fingerprint density at radius 3 is 2.32 bits per heavy atom. The summed E-state index contributed by atoms with van der Waals surface area (Å²) < 4.78 is 0. The van der Waals surface area contributed by atoms with Crippen LogP contribution < -0.4 is 4.90 Å². The van der Waals surface area contributed by atoms with Crippen LogP contribution in [0.2, 0.25) is 0 Å². The Balaban J connectivity index is 1.55. The van der Waals surface area contributed by atoms with Gasteiger partial charge in [0.2, 0.25) is 0 Å². The molecule has 0 saturated carbocycles. The molecule has 1 aliphatic carbocycles. The highest BCUT2D eigenvalue weighted by Gasteiger charge is 2.25. The number of fused-ring (bicyclic) bond motifs is 1. The number of anilines is 1. The first-order chi connectivity index (χ1) is 12.3. The predicted molar refractivity (Wildman–Crippen MR) is 102 cm³/mol. The predicted octanol–water partition coefficient (Wildman–Crippen LogP) is 4.60. The van der Waals surface area contributed by atoms with Gasteiger partial charge in [-0.3, -0.25) is 4.79 Å². The van der Waals surface area contributed by atoms with Gasteiger partial charge in [-0.15, -0.1) is 0 Å². The van der Waals surface area contributed by atoms with Gasteiger partial charge >= 0.3 is 0 Å². The maximum absolute atomic E-state index is 12.9. The summed E-state index contributed by atoms with van der Waals surface area (Å²) in [7, 11) is 0. The van der Waals surface area contributed by atoms with Gasteiger partial charge in [0.25, 0.3) is 0 Å². The Morgan fingerprint density at radius 2 is 1.56 bits per heavy atom. The first-order valence-electron chi connectivity index (χ1n) is 9.53. The highest BCUT2D eigenvalue weighted by atomic mass is 16.1. The van der Waals surface area contributed by atoms with Crippen LogP contribution in [0.3, 0.4) is 0 Å². The van der Waals surface area contributed by atoms with Crippen LogP contribution >= 0.6 is 0 Å². The molecule has 0 spiro atoms. The minimum absolute atomic E-state index is 0.217. The first kappa shape index (κ1) is 14.9. The number of benzene rings is 2. The maximum Gasteiger partial charge on any atom is 0.189 e. The second-order valence-electron chi connectivity index (χ2n) is 7.54. The van der Waals surface area contributed by atoms with E-state index < -0.39 is 0 Å². The lowest BCUT2D eigenvalue weighted by Gasteiger charge is -2.37. The summed E-state index contributed by atoms with van der Waals surface area (Å²) in [5.41, 5.74) is 8.75. The van der Waals surface area contributed by atoms with Crippen LogP contribution in [0.1, 0.15) is 51.9 Å². The van der Waals surface area contributed by atoms with Crippen LogP contribution in [0.4, 0.5) is 5.69 Å². The van der Waals surface area contributed by atoms with Crippen molar-refractivity contribution in [3.05, 3.63) is 69.8 Å². The van der Waals surface area contributed by atoms with Crippen molar-refractivity contribution in [2.75, 3.05) is 18.0 Å². The molecule has 2 heterocycles. The second-order valence-corrected chi connectivity index (χ2v) is 7.54. The molecular formula is C23H23NO. The molecule has 0 saturated heterocycles. The number of hydrogen-bond acceptors (Lipinski definition) is 2. The van der Waals surface area contributed by atoms with Crippen LogP contribution in [-0.2, 0) is 19.3 Å². The topological polar surface area (TPSA) is 20.3 Å². The van der Waals surface area contributed by atoms with Crippen molar-refractivity contribution in [1.29, 1.82) is 0 Å².